The van der Waals surface area contributed by atoms with Gasteiger partial charge in [-0.3, -0.25) is 0 Å². The van der Waals surface area contributed by atoms with Crippen LogP contribution in [-0.4, -0.2) is 48.4 Å². The Kier molecular flexibility index (Phi) is 9.08. The van der Waals surface area contributed by atoms with Crippen LogP contribution in [0, 0.1) is 10.8 Å². The molecule has 0 amide bonds. The first-order chi connectivity index (χ1) is 9.04. The quantitative estimate of drug-likeness (QED) is 0.401. The summed E-state index contributed by atoms with van der Waals surface area (Å²) in [6.45, 7) is 8.06. The molecule has 0 saturated heterocycles. The number of hydrogen-bond acceptors (Lipinski definition) is 2. The minimum absolute atomic E-state index is 0.105. The Balaban J connectivity index is 3.72. The van der Waals surface area contributed by atoms with Gasteiger partial charge >= 0.3 is 133 Å². The molecular weight excluding hydrogens is 390 g/mol. The summed E-state index contributed by atoms with van der Waals surface area (Å²) in [6, 6.07) is 0. The zero-order valence-corrected chi connectivity index (χ0v) is 16.2. The molecule has 0 rings (SSSR count). The number of aliphatic carboxylic acids is 2. The van der Waals surface area contributed by atoms with Crippen molar-refractivity contribution >= 4 is 38.2 Å². The monoisotopic (exact) mass is 418 g/mol. The van der Waals surface area contributed by atoms with Crippen LogP contribution < -0.4 is 0 Å². The van der Waals surface area contributed by atoms with Crippen LogP contribution in [0.5, 0.6) is 0 Å². The molecule has 4 nitrogen and oxygen atoms in total. The van der Waals surface area contributed by atoms with Gasteiger partial charge in [0.05, 0.1) is 0 Å². The SMILES string of the molecule is CC(C)(CC[Se][Se]CCC(C)(C)CC(=O)O)CC(=O)O. The zero-order valence-electron chi connectivity index (χ0n) is 12.8. The van der Waals surface area contributed by atoms with Gasteiger partial charge in [0, 0.05) is 0 Å². The fourth-order valence-corrected chi connectivity index (χ4v) is 9.30. The molecule has 20 heavy (non-hydrogen) atoms. The summed E-state index contributed by atoms with van der Waals surface area (Å²) in [4.78, 5) is 21.4. The molecule has 0 aromatic carbocycles. The molecule has 0 atom stereocenters. The third kappa shape index (κ3) is 11.8. The second-order valence-electron chi connectivity index (χ2n) is 6.61. The van der Waals surface area contributed by atoms with Crippen LogP contribution in [0.15, 0.2) is 0 Å². The third-order valence-corrected chi connectivity index (χ3v) is 10.4. The van der Waals surface area contributed by atoms with E-state index >= 15 is 0 Å². The van der Waals surface area contributed by atoms with Gasteiger partial charge in [-0.05, 0) is 0 Å². The molecule has 0 aromatic rings. The first-order valence-corrected chi connectivity index (χ1v) is 13.5. The summed E-state index contributed by atoms with van der Waals surface area (Å²) in [7, 11) is 0. The second-order valence-corrected chi connectivity index (χ2v) is 14.5. The second kappa shape index (κ2) is 9.09. The van der Waals surface area contributed by atoms with E-state index < -0.39 is 11.9 Å². The Morgan fingerprint density at radius 2 is 1.10 bits per heavy atom. The third-order valence-electron chi connectivity index (χ3n) is 3.07. The Hall–Kier alpha value is -0.0210. The fourth-order valence-electron chi connectivity index (χ4n) is 1.75. The van der Waals surface area contributed by atoms with E-state index in [4.69, 9.17) is 10.2 Å². The van der Waals surface area contributed by atoms with Gasteiger partial charge in [-0.2, -0.15) is 0 Å². The molecule has 0 saturated carbocycles. The summed E-state index contributed by atoms with van der Waals surface area (Å²) in [5.74, 6) is -1.44. The van der Waals surface area contributed by atoms with E-state index in [1.54, 1.807) is 0 Å². The van der Waals surface area contributed by atoms with Crippen molar-refractivity contribution in [1.82, 2.24) is 0 Å². The topological polar surface area (TPSA) is 74.6 Å². The van der Waals surface area contributed by atoms with Crippen molar-refractivity contribution in [2.45, 2.75) is 64.0 Å². The van der Waals surface area contributed by atoms with Gasteiger partial charge in [-0.1, -0.05) is 0 Å². The van der Waals surface area contributed by atoms with Crippen molar-refractivity contribution in [3.8, 4) is 0 Å². The van der Waals surface area contributed by atoms with Crippen molar-refractivity contribution in [3.05, 3.63) is 0 Å². The standard InChI is InChI=1S/C14H26O4Se2/c1-13(2,9-11(15)16)5-7-19-20-8-6-14(3,4)10-12(17)18/h5-10H2,1-4H3,(H,15,16)(H,17,18). The van der Waals surface area contributed by atoms with Crippen molar-refractivity contribution < 1.29 is 19.8 Å². The van der Waals surface area contributed by atoms with Crippen molar-refractivity contribution in [2.24, 2.45) is 10.8 Å². The summed E-state index contributed by atoms with van der Waals surface area (Å²) < 4.78 is 0. The number of hydrogen-bond donors (Lipinski definition) is 2. The van der Waals surface area contributed by atoms with Gasteiger partial charge in [0.2, 0.25) is 0 Å². The molecule has 2 N–H and O–H groups in total. The molecule has 0 aliphatic heterocycles. The Morgan fingerprint density at radius 3 is 1.35 bits per heavy atom. The van der Waals surface area contributed by atoms with Crippen LogP contribution in [0.4, 0.5) is 0 Å². The Bertz CT molecular complexity index is 295. The predicted molar refractivity (Wildman–Crippen MR) is 82.4 cm³/mol. The Labute approximate surface area is 133 Å². The van der Waals surface area contributed by atoms with Crippen LogP contribution in [0.25, 0.3) is 0 Å². The minimum atomic E-state index is -0.719. The van der Waals surface area contributed by atoms with E-state index in [2.05, 4.69) is 0 Å². The van der Waals surface area contributed by atoms with E-state index in [1.807, 2.05) is 27.7 Å². The van der Waals surface area contributed by atoms with Crippen molar-refractivity contribution in [3.63, 3.8) is 0 Å². The molecule has 0 bridgehead atoms. The maximum absolute atomic E-state index is 10.7. The molecule has 0 aromatic heterocycles. The molecular formula is C14H26O4Se2. The molecule has 0 unspecified atom stereocenters. The summed E-state index contributed by atoms with van der Waals surface area (Å²) in [5.41, 5.74) is -0.210. The molecule has 0 aliphatic carbocycles. The molecule has 6 heteroatoms. The predicted octanol–water partition coefficient (Wildman–Crippen LogP) is 2.93. The van der Waals surface area contributed by atoms with Gasteiger partial charge in [0.1, 0.15) is 0 Å². The average molecular weight is 416 g/mol. The van der Waals surface area contributed by atoms with Crippen LogP contribution in [0.1, 0.15) is 53.4 Å². The van der Waals surface area contributed by atoms with E-state index in [0.29, 0.717) is 26.3 Å². The fraction of sp³-hybridized carbons (Fsp3) is 0.857. The van der Waals surface area contributed by atoms with E-state index in [0.717, 1.165) is 23.5 Å². The van der Waals surface area contributed by atoms with Crippen LogP contribution in [0.3, 0.4) is 0 Å². The van der Waals surface area contributed by atoms with Crippen molar-refractivity contribution in [2.75, 3.05) is 0 Å². The summed E-state index contributed by atoms with van der Waals surface area (Å²) in [5, 5.41) is 19.9. The van der Waals surface area contributed by atoms with Crippen LogP contribution in [-0.2, 0) is 9.59 Å². The van der Waals surface area contributed by atoms with E-state index in [-0.39, 0.29) is 23.7 Å². The first kappa shape index (κ1) is 20.0. The molecule has 0 fully saturated rings. The Morgan fingerprint density at radius 1 is 0.800 bits per heavy atom. The summed E-state index contributed by atoms with van der Waals surface area (Å²) >= 11 is 1.20. The summed E-state index contributed by atoms with van der Waals surface area (Å²) in [6.07, 6.45) is 2.42. The van der Waals surface area contributed by atoms with Gasteiger partial charge < -0.3 is 0 Å². The molecule has 0 spiro atoms. The number of carbonyl (C=O) groups is 2. The van der Waals surface area contributed by atoms with Crippen LogP contribution in [0.2, 0.25) is 10.6 Å². The molecule has 118 valence electrons. The maximum atomic E-state index is 10.7. The first-order valence-electron chi connectivity index (χ1n) is 6.72. The van der Waals surface area contributed by atoms with Gasteiger partial charge in [0.15, 0.2) is 0 Å². The number of carboxylic acid groups (broad SMARTS) is 2. The van der Waals surface area contributed by atoms with Gasteiger partial charge in [-0.15, -0.1) is 0 Å². The van der Waals surface area contributed by atoms with E-state index in [1.165, 1.54) is 0 Å². The normalized spacial score (nSPS) is 12.4. The van der Waals surface area contributed by atoms with E-state index in [9.17, 15) is 9.59 Å². The average Bonchev–Trinajstić information content (AvgIpc) is 2.19. The molecule has 0 heterocycles. The van der Waals surface area contributed by atoms with Gasteiger partial charge in [-0.25, -0.2) is 0 Å². The van der Waals surface area contributed by atoms with Gasteiger partial charge in [0.25, 0.3) is 0 Å². The molecule has 0 aliphatic rings. The number of carboxylic acids is 2. The number of rotatable bonds is 11. The van der Waals surface area contributed by atoms with Crippen LogP contribution >= 0.6 is 0 Å². The van der Waals surface area contributed by atoms with Crippen molar-refractivity contribution in [1.29, 1.82) is 0 Å². The molecule has 0 radical (unpaired) electrons. The zero-order chi connectivity index (χ0) is 15.8.